The number of fused-ring (bicyclic) bond motifs is 2. The molecule has 2 heterocycles. The zero-order valence-electron chi connectivity index (χ0n) is 6.36. The van der Waals surface area contributed by atoms with E-state index in [4.69, 9.17) is 5.73 Å². The van der Waals surface area contributed by atoms with Crippen molar-refractivity contribution in [2.45, 2.75) is 31.3 Å². The third kappa shape index (κ3) is 0.914. The summed E-state index contributed by atoms with van der Waals surface area (Å²) in [5.41, 5.74) is 5.24. The van der Waals surface area contributed by atoms with Gasteiger partial charge in [-0.15, -0.1) is 0 Å². The van der Waals surface area contributed by atoms with Crippen LogP contribution in [0.4, 0.5) is 4.79 Å². The number of carbonyl (C=O) groups is 1. The molecule has 1 fully saturated rings. The quantitative estimate of drug-likeness (QED) is 0.514. The number of rotatable bonds is 0. The van der Waals surface area contributed by atoms with Crippen molar-refractivity contribution in [1.82, 2.24) is 4.90 Å². The van der Waals surface area contributed by atoms with Crippen LogP contribution in [-0.2, 0) is 0 Å². The summed E-state index contributed by atoms with van der Waals surface area (Å²) in [6, 6.07) is 0.426. The molecule has 2 unspecified atom stereocenters. The largest absolute Gasteiger partial charge is 0.351 e. The van der Waals surface area contributed by atoms with Gasteiger partial charge in [0.2, 0.25) is 0 Å². The molecule has 2 bridgehead atoms. The molecule has 11 heavy (non-hydrogen) atoms. The van der Waals surface area contributed by atoms with Crippen molar-refractivity contribution in [3.05, 3.63) is 12.2 Å². The highest BCUT2D eigenvalue weighted by atomic mass is 16.2. The van der Waals surface area contributed by atoms with E-state index in [1.54, 1.807) is 4.90 Å². The molecule has 3 heteroatoms. The lowest BCUT2D eigenvalue weighted by Gasteiger charge is -2.29. The van der Waals surface area contributed by atoms with Gasteiger partial charge < -0.3 is 10.6 Å². The number of carbonyl (C=O) groups excluding carboxylic acids is 1. The number of urea groups is 1. The Balaban J connectivity index is 2.23. The molecule has 0 spiro atoms. The van der Waals surface area contributed by atoms with Crippen LogP contribution in [0.5, 0.6) is 0 Å². The fourth-order valence-corrected chi connectivity index (χ4v) is 2.07. The Hall–Kier alpha value is -0.990. The minimum Gasteiger partial charge on any atom is -0.351 e. The van der Waals surface area contributed by atoms with Crippen molar-refractivity contribution in [2.75, 3.05) is 0 Å². The van der Waals surface area contributed by atoms with E-state index in [0.29, 0.717) is 12.1 Å². The molecule has 2 rings (SSSR count). The number of nitrogens with two attached hydrogens (primary N) is 1. The Kier molecular flexibility index (Phi) is 1.37. The number of primary amides is 1. The fraction of sp³-hybridized carbons (Fsp3) is 0.625. The van der Waals surface area contributed by atoms with Gasteiger partial charge in [0.25, 0.3) is 0 Å². The maximum atomic E-state index is 10.9. The average molecular weight is 152 g/mol. The van der Waals surface area contributed by atoms with Crippen molar-refractivity contribution in [3.8, 4) is 0 Å². The first kappa shape index (κ1) is 6.70. The van der Waals surface area contributed by atoms with Crippen molar-refractivity contribution in [1.29, 1.82) is 0 Å². The molecule has 2 aliphatic heterocycles. The molecule has 3 nitrogen and oxygen atoms in total. The SMILES string of the molecule is NC(=O)N1C2C=CCC1CC2. The summed E-state index contributed by atoms with van der Waals surface area (Å²) in [4.78, 5) is 12.7. The van der Waals surface area contributed by atoms with Gasteiger partial charge in [-0.05, 0) is 19.3 Å². The second-order valence-electron chi connectivity index (χ2n) is 3.21. The molecule has 0 radical (unpaired) electrons. The van der Waals surface area contributed by atoms with E-state index in [2.05, 4.69) is 12.2 Å². The van der Waals surface area contributed by atoms with Crippen LogP contribution in [0.3, 0.4) is 0 Å². The summed E-state index contributed by atoms with van der Waals surface area (Å²) in [6.07, 6.45) is 7.43. The number of hydrogen-bond acceptors (Lipinski definition) is 1. The number of hydrogen-bond donors (Lipinski definition) is 1. The van der Waals surface area contributed by atoms with Crippen LogP contribution in [0.15, 0.2) is 12.2 Å². The zero-order chi connectivity index (χ0) is 7.84. The molecule has 0 saturated carbocycles. The summed E-state index contributed by atoms with van der Waals surface area (Å²) < 4.78 is 0. The molecule has 60 valence electrons. The lowest BCUT2D eigenvalue weighted by molar-refractivity contribution is 0.188. The van der Waals surface area contributed by atoms with Gasteiger partial charge in [-0.1, -0.05) is 12.2 Å². The third-order valence-corrected chi connectivity index (χ3v) is 2.57. The molecule has 2 aliphatic rings. The minimum atomic E-state index is -0.262. The van der Waals surface area contributed by atoms with E-state index < -0.39 is 0 Å². The predicted molar refractivity (Wildman–Crippen MR) is 42.0 cm³/mol. The van der Waals surface area contributed by atoms with Gasteiger partial charge >= 0.3 is 6.03 Å². The second kappa shape index (κ2) is 2.26. The fourth-order valence-electron chi connectivity index (χ4n) is 2.07. The van der Waals surface area contributed by atoms with Gasteiger partial charge in [-0.25, -0.2) is 4.79 Å². The molecule has 2 atom stereocenters. The Bertz CT molecular complexity index is 212. The number of nitrogens with zero attached hydrogens (tertiary/aromatic N) is 1. The first-order valence-electron chi connectivity index (χ1n) is 4.03. The third-order valence-electron chi connectivity index (χ3n) is 2.57. The van der Waals surface area contributed by atoms with E-state index in [1.807, 2.05) is 0 Å². The van der Waals surface area contributed by atoms with Crippen molar-refractivity contribution in [3.63, 3.8) is 0 Å². The smallest absolute Gasteiger partial charge is 0.315 e. The zero-order valence-corrected chi connectivity index (χ0v) is 6.36. The molecular weight excluding hydrogens is 140 g/mol. The van der Waals surface area contributed by atoms with Crippen LogP contribution >= 0.6 is 0 Å². The van der Waals surface area contributed by atoms with Crippen LogP contribution in [0, 0.1) is 0 Å². The highest BCUT2D eigenvalue weighted by Gasteiger charge is 2.35. The highest BCUT2D eigenvalue weighted by Crippen LogP contribution is 2.30. The van der Waals surface area contributed by atoms with Crippen molar-refractivity contribution < 1.29 is 4.79 Å². The van der Waals surface area contributed by atoms with Crippen LogP contribution in [0.1, 0.15) is 19.3 Å². The Morgan fingerprint density at radius 2 is 2.36 bits per heavy atom. The van der Waals surface area contributed by atoms with Gasteiger partial charge in [-0.3, -0.25) is 0 Å². The molecule has 0 aromatic heterocycles. The lowest BCUT2D eigenvalue weighted by atomic mass is 10.1. The minimum absolute atomic E-state index is 0.262. The van der Waals surface area contributed by atoms with Gasteiger partial charge in [0.15, 0.2) is 0 Å². The Morgan fingerprint density at radius 1 is 1.55 bits per heavy atom. The van der Waals surface area contributed by atoms with E-state index >= 15 is 0 Å². The van der Waals surface area contributed by atoms with Crippen LogP contribution in [0.2, 0.25) is 0 Å². The van der Waals surface area contributed by atoms with Gasteiger partial charge in [0.05, 0.1) is 6.04 Å². The van der Waals surface area contributed by atoms with Crippen LogP contribution < -0.4 is 5.73 Å². The van der Waals surface area contributed by atoms with E-state index in [1.165, 1.54) is 0 Å². The summed E-state index contributed by atoms with van der Waals surface area (Å²) >= 11 is 0. The summed E-state index contributed by atoms with van der Waals surface area (Å²) in [7, 11) is 0. The predicted octanol–water partition coefficient (Wildman–Crippen LogP) is 0.858. The topological polar surface area (TPSA) is 46.3 Å². The maximum Gasteiger partial charge on any atom is 0.315 e. The van der Waals surface area contributed by atoms with Crippen LogP contribution in [-0.4, -0.2) is 23.0 Å². The average Bonchev–Trinajstić information content (AvgIpc) is 2.23. The Morgan fingerprint density at radius 3 is 2.91 bits per heavy atom. The summed E-state index contributed by atoms with van der Waals surface area (Å²) in [5, 5.41) is 0. The summed E-state index contributed by atoms with van der Waals surface area (Å²) in [6.45, 7) is 0. The molecule has 2 amide bonds. The first-order chi connectivity index (χ1) is 5.29. The maximum absolute atomic E-state index is 10.9. The highest BCUT2D eigenvalue weighted by molar-refractivity contribution is 5.73. The van der Waals surface area contributed by atoms with E-state index in [9.17, 15) is 4.79 Å². The molecule has 1 saturated heterocycles. The monoisotopic (exact) mass is 152 g/mol. The van der Waals surface area contributed by atoms with Gasteiger partial charge in [-0.2, -0.15) is 0 Å². The van der Waals surface area contributed by atoms with Crippen LogP contribution in [0.25, 0.3) is 0 Å². The molecule has 0 aliphatic carbocycles. The second-order valence-corrected chi connectivity index (χ2v) is 3.21. The summed E-state index contributed by atoms with van der Waals surface area (Å²) in [5.74, 6) is 0. The van der Waals surface area contributed by atoms with E-state index in [0.717, 1.165) is 19.3 Å². The van der Waals surface area contributed by atoms with Crippen molar-refractivity contribution in [2.24, 2.45) is 5.73 Å². The normalized spacial score (nSPS) is 34.4. The van der Waals surface area contributed by atoms with E-state index in [-0.39, 0.29) is 6.03 Å². The standard InChI is InChI=1S/C8H12N2O/c9-8(11)10-6-2-1-3-7(10)5-4-6/h1-2,6-7H,3-5H2,(H2,9,11). The van der Waals surface area contributed by atoms with Gasteiger partial charge in [0.1, 0.15) is 0 Å². The molecule has 2 N–H and O–H groups in total. The van der Waals surface area contributed by atoms with Gasteiger partial charge in [0, 0.05) is 6.04 Å². The van der Waals surface area contributed by atoms with Crippen molar-refractivity contribution >= 4 is 6.03 Å². The Labute approximate surface area is 65.9 Å². The molecular formula is C8H12N2O. The molecule has 0 aromatic carbocycles. The molecule has 0 aromatic rings. The first-order valence-corrected chi connectivity index (χ1v) is 4.03. The lowest BCUT2D eigenvalue weighted by Crippen LogP contribution is -2.45. The number of amides is 2.